The molecule has 2 heterocycles. The predicted molar refractivity (Wildman–Crippen MR) is 238 cm³/mol. The van der Waals surface area contributed by atoms with Crippen molar-refractivity contribution in [2.75, 3.05) is 0 Å². The van der Waals surface area contributed by atoms with Crippen molar-refractivity contribution in [1.82, 2.24) is 4.57 Å². The van der Waals surface area contributed by atoms with Crippen molar-refractivity contribution < 1.29 is 0 Å². The first-order valence-corrected chi connectivity index (χ1v) is 24.0. The van der Waals surface area contributed by atoms with E-state index < -0.39 is 13.3 Å². The van der Waals surface area contributed by atoms with Gasteiger partial charge in [0.05, 0.1) is 0 Å². The average molecular weight is 758 g/mol. The first-order valence-electron chi connectivity index (χ1n) is 19.8. The molecule has 0 N–H and O–H groups in total. The van der Waals surface area contributed by atoms with Gasteiger partial charge in [-0.25, -0.2) is 0 Å². The van der Waals surface area contributed by atoms with Gasteiger partial charge < -0.3 is 0 Å². The Labute approximate surface area is 324 Å². The van der Waals surface area contributed by atoms with E-state index in [-0.39, 0.29) is 6.71 Å². The monoisotopic (exact) mass is 759 g/mol. The Morgan fingerprint density at radius 1 is 0.444 bits per heavy atom. The van der Waals surface area contributed by atoms with E-state index in [9.17, 15) is 0 Å². The number of rotatable bonds is 7. The molecule has 0 fully saturated rings. The third-order valence-corrected chi connectivity index (χ3v) is 22.4. The third kappa shape index (κ3) is 5.28. The van der Waals surface area contributed by atoms with E-state index in [1.165, 1.54) is 73.8 Å². The fourth-order valence-electron chi connectivity index (χ4n) is 9.68. The summed E-state index contributed by atoms with van der Waals surface area (Å²) >= 11 is -3.67. The normalized spacial score (nSPS) is 13.6. The van der Waals surface area contributed by atoms with E-state index >= 15 is 0 Å². The van der Waals surface area contributed by atoms with Crippen molar-refractivity contribution in [3.05, 3.63) is 180 Å². The molecule has 264 valence electrons. The van der Waals surface area contributed by atoms with Crippen molar-refractivity contribution >= 4 is 75.8 Å². The molecule has 0 bridgehead atoms. The van der Waals surface area contributed by atoms with Gasteiger partial charge in [0, 0.05) is 0 Å². The zero-order valence-electron chi connectivity index (χ0n) is 32.3. The van der Waals surface area contributed by atoms with Crippen LogP contribution in [0.2, 0.25) is 0 Å². The average Bonchev–Trinajstić information content (AvgIpc) is 3.54. The van der Waals surface area contributed by atoms with E-state index in [0.29, 0.717) is 17.8 Å². The SMILES string of the molecule is CC(C)c1cc(C(C)C)c(B2c3cccc[c]3[Ge]([c]3ccccc3)([c]3ccccc3)[c]3cc(-n4c5ccccc5c5ccccc54)ccc32)c(C(C)C)c1. The molecule has 0 spiro atoms. The van der Waals surface area contributed by atoms with Crippen molar-refractivity contribution in [2.45, 2.75) is 59.3 Å². The molecule has 1 aliphatic rings. The van der Waals surface area contributed by atoms with Crippen molar-refractivity contribution in [3.8, 4) is 5.69 Å². The fourth-order valence-corrected chi connectivity index (χ4v) is 20.8. The molecule has 1 aliphatic heterocycles. The first kappa shape index (κ1) is 34.7. The second-order valence-electron chi connectivity index (χ2n) is 16.2. The molecular weight excluding hydrogens is 710 g/mol. The molecule has 1 aromatic heterocycles. The summed E-state index contributed by atoms with van der Waals surface area (Å²) in [6, 6.07) is 63.2. The summed E-state index contributed by atoms with van der Waals surface area (Å²) in [5, 5.41) is 2.59. The fraction of sp³-hybridized carbons (Fsp3) is 0.176. The van der Waals surface area contributed by atoms with Gasteiger partial charge in [-0.2, -0.15) is 0 Å². The zero-order valence-corrected chi connectivity index (χ0v) is 34.4. The number of hydrogen-bond donors (Lipinski definition) is 0. The molecule has 0 unspecified atom stereocenters. The molecular formula is C51H48BGeN. The maximum atomic E-state index is 2.63. The van der Waals surface area contributed by atoms with E-state index in [2.05, 4.69) is 210 Å². The third-order valence-electron chi connectivity index (χ3n) is 12.1. The molecule has 0 radical (unpaired) electrons. The summed E-state index contributed by atoms with van der Waals surface area (Å²) < 4.78 is 8.54. The molecule has 0 saturated carbocycles. The van der Waals surface area contributed by atoms with Crippen LogP contribution < -0.4 is 34.0 Å². The van der Waals surface area contributed by atoms with Gasteiger partial charge >= 0.3 is 326 Å². The Bertz CT molecular complexity index is 2530. The Kier molecular flexibility index (Phi) is 8.78. The molecule has 8 aromatic rings. The number of aromatic nitrogens is 1. The molecule has 0 atom stereocenters. The second kappa shape index (κ2) is 13.7. The predicted octanol–water partition coefficient (Wildman–Crippen LogP) is 8.36. The van der Waals surface area contributed by atoms with Crippen molar-refractivity contribution in [2.24, 2.45) is 0 Å². The van der Waals surface area contributed by atoms with Gasteiger partial charge in [-0.15, -0.1) is 0 Å². The van der Waals surface area contributed by atoms with Crippen molar-refractivity contribution in [1.29, 1.82) is 0 Å². The van der Waals surface area contributed by atoms with E-state index in [4.69, 9.17) is 0 Å². The van der Waals surface area contributed by atoms with Gasteiger partial charge in [-0.1, -0.05) is 0 Å². The summed E-state index contributed by atoms with van der Waals surface area (Å²) in [7, 11) is 0. The summed E-state index contributed by atoms with van der Waals surface area (Å²) in [5.41, 5.74) is 12.6. The van der Waals surface area contributed by atoms with Crippen LogP contribution in [-0.4, -0.2) is 24.5 Å². The molecule has 0 saturated heterocycles. The van der Waals surface area contributed by atoms with Gasteiger partial charge in [0.2, 0.25) is 0 Å². The summed E-state index contributed by atoms with van der Waals surface area (Å²) in [6.07, 6.45) is 0. The minimum absolute atomic E-state index is 0.116. The molecule has 0 aliphatic carbocycles. The van der Waals surface area contributed by atoms with Gasteiger partial charge in [-0.05, 0) is 0 Å². The van der Waals surface area contributed by atoms with Crippen LogP contribution in [0.3, 0.4) is 0 Å². The number of fused-ring (bicyclic) bond motifs is 5. The Hall–Kier alpha value is -5.05. The summed E-state index contributed by atoms with van der Waals surface area (Å²) in [4.78, 5) is 0. The summed E-state index contributed by atoms with van der Waals surface area (Å²) in [6.45, 7) is 14.4. The number of para-hydroxylation sites is 2. The Morgan fingerprint density at radius 3 is 1.46 bits per heavy atom. The van der Waals surface area contributed by atoms with Crippen LogP contribution in [0.25, 0.3) is 27.5 Å². The van der Waals surface area contributed by atoms with Crippen LogP contribution in [0, 0.1) is 0 Å². The number of nitrogens with zero attached hydrogens (tertiary/aromatic N) is 1. The standard InChI is InChI=1S/C51H48BGeN/c1-34(2)37-31-43(35(3)4)51(44(32-37)36(5)6)52-45-25-15-16-26-47(45)53(38-19-9-7-10-20-38,39-21-11-8-12-22-39)48-33-40(29-30-46(48)52)54-49-27-17-13-23-41(49)42-24-14-18-28-50(42)54/h7-36H,1-6H3. The number of hydrogen-bond acceptors (Lipinski definition) is 0. The molecule has 9 rings (SSSR count). The minimum atomic E-state index is -3.67. The quantitative estimate of drug-likeness (QED) is 0.144. The Balaban J connectivity index is 1.46. The van der Waals surface area contributed by atoms with Gasteiger partial charge in [0.25, 0.3) is 0 Å². The van der Waals surface area contributed by atoms with Gasteiger partial charge in [0.1, 0.15) is 0 Å². The van der Waals surface area contributed by atoms with E-state index in [1.807, 2.05) is 0 Å². The van der Waals surface area contributed by atoms with Crippen LogP contribution in [0.5, 0.6) is 0 Å². The molecule has 3 heteroatoms. The maximum absolute atomic E-state index is 3.67. The topological polar surface area (TPSA) is 4.93 Å². The van der Waals surface area contributed by atoms with Gasteiger partial charge in [-0.3, -0.25) is 0 Å². The van der Waals surface area contributed by atoms with Crippen LogP contribution in [0.15, 0.2) is 164 Å². The van der Waals surface area contributed by atoms with Crippen LogP contribution in [-0.2, 0) is 0 Å². The van der Waals surface area contributed by atoms with Crippen LogP contribution >= 0.6 is 0 Å². The molecule has 0 amide bonds. The molecule has 7 aromatic carbocycles. The van der Waals surface area contributed by atoms with Crippen LogP contribution in [0.4, 0.5) is 0 Å². The van der Waals surface area contributed by atoms with Crippen molar-refractivity contribution in [3.63, 3.8) is 0 Å². The second-order valence-corrected chi connectivity index (χ2v) is 24.1. The van der Waals surface area contributed by atoms with Gasteiger partial charge in [0.15, 0.2) is 0 Å². The molecule has 1 nitrogen and oxygen atoms in total. The van der Waals surface area contributed by atoms with Crippen LogP contribution in [0.1, 0.15) is 76.0 Å². The zero-order chi connectivity index (χ0) is 37.1. The Morgan fingerprint density at radius 2 is 0.926 bits per heavy atom. The molecule has 54 heavy (non-hydrogen) atoms. The summed E-state index contributed by atoms with van der Waals surface area (Å²) in [5.74, 6) is 1.24. The first-order chi connectivity index (χ1) is 26.3. The van der Waals surface area contributed by atoms with E-state index in [0.717, 1.165) is 0 Å². The number of benzene rings is 7. The van der Waals surface area contributed by atoms with E-state index in [1.54, 1.807) is 4.40 Å².